The van der Waals surface area contributed by atoms with Crippen molar-refractivity contribution >= 4 is 77.4 Å². The minimum absolute atomic E-state index is 0.191. The smallest absolute Gasteiger partial charge is 0.214 e. The lowest BCUT2D eigenvalue weighted by Crippen LogP contribution is -2.59. The van der Waals surface area contributed by atoms with Crippen LogP contribution in [0.1, 0.15) is 18.1 Å². The van der Waals surface area contributed by atoms with Gasteiger partial charge >= 0.3 is 0 Å². The molecule has 93 valence electrons. The van der Waals surface area contributed by atoms with Crippen molar-refractivity contribution in [3.05, 3.63) is 23.4 Å². The predicted octanol–water partition coefficient (Wildman–Crippen LogP) is -2.44. The number of hydrogen-bond donors (Lipinski definition) is 0. The molecule has 2 heterocycles. The average molecular weight is 269 g/mol. The highest BCUT2D eigenvalue weighted by Gasteiger charge is 2.71. The summed E-state index contributed by atoms with van der Waals surface area (Å²) in [5, 5.41) is -0.400. The van der Waals surface area contributed by atoms with Gasteiger partial charge in [-0.3, -0.25) is 0 Å². The molecule has 0 aromatic carbocycles. The average Bonchev–Trinajstić information content (AvgIpc) is 3.01. The molecule has 2 rings (SSSR count). The summed E-state index contributed by atoms with van der Waals surface area (Å²) in [6.45, 7) is 5.78. The maximum absolute atomic E-state index is 6.16. The highest BCUT2D eigenvalue weighted by molar-refractivity contribution is 7.76. The zero-order valence-corrected chi connectivity index (χ0v) is 14.0. The SMILES string of the molecule is [B][B]B(B([B])[B])C1(B([B])[B])B(c2cc(C)c(C)c[n+]2C)[C@@H]1C. The quantitative estimate of drug-likeness (QED) is 0.413. The lowest BCUT2D eigenvalue weighted by atomic mass is 8.73. The lowest BCUT2D eigenvalue weighted by Gasteiger charge is -2.33. The molecule has 0 saturated carbocycles. The largest absolute Gasteiger partial charge is 0.251 e. The van der Waals surface area contributed by atoms with Gasteiger partial charge in [0, 0.05) is 70.7 Å². The van der Waals surface area contributed by atoms with E-state index in [0.717, 1.165) is 0 Å². The summed E-state index contributed by atoms with van der Waals surface area (Å²) < 4.78 is 2.14. The molecular formula is C11H15B10N+. The number of nitrogens with zero attached hydrogens (tertiary/aromatic N) is 1. The monoisotopic (exact) mass is 271 g/mol. The molecule has 1 unspecified atom stereocenters. The molecule has 0 aliphatic carbocycles. The van der Waals surface area contributed by atoms with E-state index in [1.807, 2.05) is 7.05 Å². The van der Waals surface area contributed by atoms with Crippen molar-refractivity contribution in [3.8, 4) is 0 Å². The van der Waals surface area contributed by atoms with Crippen LogP contribution in [0.2, 0.25) is 10.9 Å². The molecule has 1 aliphatic rings. The first-order valence-corrected chi connectivity index (χ1v) is 7.73. The van der Waals surface area contributed by atoms with Gasteiger partial charge in [-0.1, -0.05) is 12.7 Å². The van der Waals surface area contributed by atoms with Gasteiger partial charge in [-0.2, -0.15) is 0 Å². The first-order valence-electron chi connectivity index (χ1n) is 7.73. The van der Waals surface area contributed by atoms with Gasteiger partial charge in [0.1, 0.15) is 12.6 Å². The van der Waals surface area contributed by atoms with Crippen LogP contribution in [-0.2, 0) is 7.05 Å². The van der Waals surface area contributed by atoms with Gasteiger partial charge in [0.05, 0.1) is 0 Å². The molecule has 1 aromatic heterocycles. The minimum Gasteiger partial charge on any atom is -0.214 e. The standard InChI is InChI=1S/C11H15B10N/c1-7-5-10(22(4)6-8(7)2)18-9(3)11(18,19(13)14)20(17-12)21(15)16/h5-6,9H,1-4H3/q+1/t9-,11?/m1/s1. The van der Waals surface area contributed by atoms with Crippen LogP contribution in [0.3, 0.4) is 0 Å². The van der Waals surface area contributed by atoms with Crippen molar-refractivity contribution in [2.45, 2.75) is 31.7 Å². The fourth-order valence-electron chi connectivity index (χ4n) is 4.21. The Morgan fingerprint density at radius 3 is 2.27 bits per heavy atom. The number of rotatable bonds is 5. The van der Waals surface area contributed by atoms with Crippen molar-refractivity contribution in [3.63, 3.8) is 0 Å². The number of pyridine rings is 1. The fraction of sp³-hybridized carbons (Fsp3) is 0.545. The molecule has 11 radical (unpaired) electrons. The van der Waals surface area contributed by atoms with Crippen LogP contribution in [-0.4, -0.2) is 71.8 Å². The highest BCUT2D eigenvalue weighted by atomic mass is 14.9. The maximum atomic E-state index is 6.16. The molecule has 0 amide bonds. The molecule has 1 fully saturated rings. The van der Waals surface area contributed by atoms with E-state index in [4.69, 9.17) is 38.7 Å². The molecule has 1 nitrogen and oxygen atoms in total. The fourth-order valence-corrected chi connectivity index (χ4v) is 4.21. The summed E-state index contributed by atoms with van der Waals surface area (Å²) in [7, 11) is 33.7. The van der Waals surface area contributed by atoms with Crippen LogP contribution in [0.4, 0.5) is 0 Å². The van der Waals surface area contributed by atoms with Crippen LogP contribution in [0.25, 0.3) is 0 Å². The van der Waals surface area contributed by atoms with Crippen LogP contribution < -0.4 is 10.2 Å². The van der Waals surface area contributed by atoms with Crippen molar-refractivity contribution in [1.82, 2.24) is 0 Å². The van der Waals surface area contributed by atoms with Gasteiger partial charge in [0.2, 0.25) is 0 Å². The van der Waals surface area contributed by atoms with E-state index >= 15 is 0 Å². The predicted molar refractivity (Wildman–Crippen MR) is 106 cm³/mol. The summed E-state index contributed by atoms with van der Waals surface area (Å²) in [6.07, 6.45) is 1.55. The van der Waals surface area contributed by atoms with Crippen LogP contribution in [0.15, 0.2) is 12.3 Å². The molecule has 1 saturated heterocycles. The number of hydrogen-bond acceptors (Lipinski definition) is 0. The Morgan fingerprint density at radius 1 is 1.23 bits per heavy atom. The maximum Gasteiger partial charge on any atom is 0.251 e. The summed E-state index contributed by atoms with van der Waals surface area (Å²) in [4.78, 5) is 0. The number of aryl methyl sites for hydroxylation is 3. The molecule has 1 aliphatic heterocycles. The normalized spacial score (nSPS) is 23.1. The molecule has 22 heavy (non-hydrogen) atoms. The summed E-state index contributed by atoms with van der Waals surface area (Å²) in [5.74, 6) is 0.264. The topological polar surface area (TPSA) is 3.88 Å². The van der Waals surface area contributed by atoms with Crippen LogP contribution in [0.5, 0.6) is 0 Å². The van der Waals surface area contributed by atoms with Gasteiger partial charge in [0.25, 0.3) is 6.71 Å². The van der Waals surface area contributed by atoms with Crippen LogP contribution in [0, 0.1) is 13.8 Å². The van der Waals surface area contributed by atoms with E-state index in [1.165, 1.54) is 16.7 Å². The molecule has 0 spiro atoms. The zero-order chi connectivity index (χ0) is 16.8. The van der Waals surface area contributed by atoms with Crippen LogP contribution >= 0.6 is 0 Å². The summed E-state index contributed by atoms with van der Waals surface area (Å²) in [6, 6.07) is 2.20. The highest BCUT2D eigenvalue weighted by Crippen LogP contribution is 2.64. The first-order chi connectivity index (χ1) is 10.2. The summed E-state index contributed by atoms with van der Waals surface area (Å²) in [5.41, 5.74) is 3.70. The molecule has 0 bridgehead atoms. The van der Waals surface area contributed by atoms with E-state index < -0.39 is 18.0 Å². The molecule has 0 N–H and O–H groups in total. The van der Waals surface area contributed by atoms with E-state index in [1.54, 1.807) is 7.06 Å². The van der Waals surface area contributed by atoms with E-state index in [-0.39, 0.29) is 19.0 Å². The van der Waals surface area contributed by atoms with Gasteiger partial charge in [-0.15, -0.1) is 5.11 Å². The second-order valence-electron chi connectivity index (χ2n) is 6.76. The van der Waals surface area contributed by atoms with Crippen molar-refractivity contribution < 1.29 is 4.57 Å². The van der Waals surface area contributed by atoms with Gasteiger partial charge in [-0.25, -0.2) is 4.57 Å². The molecule has 11 heteroatoms. The Labute approximate surface area is 144 Å². The summed E-state index contributed by atoms with van der Waals surface area (Å²) >= 11 is 0. The first kappa shape index (κ1) is 18.1. The van der Waals surface area contributed by atoms with Crippen molar-refractivity contribution in [2.75, 3.05) is 0 Å². The van der Waals surface area contributed by atoms with Gasteiger partial charge < -0.3 is 0 Å². The van der Waals surface area contributed by atoms with Crippen molar-refractivity contribution in [1.29, 1.82) is 0 Å². The van der Waals surface area contributed by atoms with Gasteiger partial charge in [-0.05, 0) is 25.5 Å². The Hall–Kier alpha value is -0.201. The third-order valence-electron chi connectivity index (χ3n) is 5.59. The molecule has 1 aromatic rings. The third-order valence-corrected chi connectivity index (χ3v) is 5.59. The molecular weight excluding hydrogens is 254 g/mol. The van der Waals surface area contributed by atoms with Gasteiger partial charge in [0.15, 0.2) is 6.20 Å². The third kappa shape index (κ3) is 2.61. The Balaban J connectivity index is 2.51. The van der Waals surface area contributed by atoms with E-state index in [9.17, 15) is 0 Å². The minimum atomic E-state index is -0.580. The zero-order valence-electron chi connectivity index (χ0n) is 14.0. The number of aromatic nitrogens is 1. The van der Waals surface area contributed by atoms with Crippen molar-refractivity contribution in [2.24, 2.45) is 7.05 Å². The Kier molecular flexibility index (Phi) is 5.25. The Morgan fingerprint density at radius 2 is 1.82 bits per heavy atom. The van der Waals surface area contributed by atoms with E-state index in [2.05, 4.69) is 37.6 Å². The lowest BCUT2D eigenvalue weighted by molar-refractivity contribution is -0.654. The van der Waals surface area contributed by atoms with E-state index in [0.29, 0.717) is 0 Å². The second kappa shape index (κ2) is 6.36. The Bertz CT molecular complexity index is 564. The molecule has 2 atom stereocenters. The second-order valence-corrected chi connectivity index (χ2v) is 6.76.